The molecule has 94 valence electrons. The van der Waals surface area contributed by atoms with Crippen LogP contribution in [0.15, 0.2) is 24.3 Å². The second kappa shape index (κ2) is 4.49. The molecule has 1 aromatic carbocycles. The minimum atomic E-state index is -0.268. The van der Waals surface area contributed by atoms with Crippen LogP contribution in [0.1, 0.15) is 24.7 Å². The maximum absolute atomic E-state index is 12.9. The fourth-order valence-corrected chi connectivity index (χ4v) is 2.33. The maximum atomic E-state index is 12.9. The van der Waals surface area contributed by atoms with Crippen molar-refractivity contribution in [3.63, 3.8) is 0 Å². The van der Waals surface area contributed by atoms with Crippen LogP contribution in [0.3, 0.4) is 0 Å². The molecule has 18 heavy (non-hydrogen) atoms. The molecule has 1 aromatic heterocycles. The van der Waals surface area contributed by atoms with E-state index in [0.29, 0.717) is 5.82 Å². The molecule has 1 N–H and O–H groups in total. The molecule has 5 heteroatoms. The van der Waals surface area contributed by atoms with Crippen LogP contribution in [0.5, 0.6) is 0 Å². The highest BCUT2D eigenvalue weighted by Crippen LogP contribution is 2.25. The Labute approximate surface area is 104 Å². The number of benzene rings is 1. The summed E-state index contributed by atoms with van der Waals surface area (Å²) in [6, 6.07) is 6.17. The third kappa shape index (κ3) is 1.90. The van der Waals surface area contributed by atoms with Gasteiger partial charge >= 0.3 is 0 Å². The van der Waals surface area contributed by atoms with E-state index in [9.17, 15) is 9.50 Å². The summed E-state index contributed by atoms with van der Waals surface area (Å²) in [4.78, 5) is 4.47. The Morgan fingerprint density at radius 1 is 1.33 bits per heavy atom. The minimum absolute atomic E-state index is 0.0236. The zero-order valence-electron chi connectivity index (χ0n) is 9.88. The lowest BCUT2D eigenvalue weighted by molar-refractivity contribution is 0.195. The van der Waals surface area contributed by atoms with Gasteiger partial charge in [-0.05, 0) is 37.1 Å². The molecule has 3 rings (SSSR count). The largest absolute Gasteiger partial charge is 0.394 e. The summed E-state index contributed by atoms with van der Waals surface area (Å²) in [5, 5.41) is 13.7. The molecule has 0 saturated carbocycles. The van der Waals surface area contributed by atoms with Gasteiger partial charge in [0, 0.05) is 12.0 Å². The zero-order valence-corrected chi connectivity index (χ0v) is 9.88. The van der Waals surface area contributed by atoms with E-state index in [1.807, 2.05) is 4.68 Å². The van der Waals surface area contributed by atoms with E-state index in [0.717, 1.165) is 30.7 Å². The van der Waals surface area contributed by atoms with E-state index in [4.69, 9.17) is 0 Å². The van der Waals surface area contributed by atoms with Gasteiger partial charge in [0.2, 0.25) is 0 Å². The van der Waals surface area contributed by atoms with E-state index in [2.05, 4.69) is 10.1 Å². The quantitative estimate of drug-likeness (QED) is 0.882. The average molecular weight is 247 g/mol. The Balaban J connectivity index is 1.99. The van der Waals surface area contributed by atoms with Crippen LogP contribution in [-0.4, -0.2) is 26.5 Å². The summed E-state index contributed by atoms with van der Waals surface area (Å²) in [6.45, 7) is 0.0826. The Hall–Kier alpha value is -1.75. The number of rotatable bonds is 2. The van der Waals surface area contributed by atoms with Gasteiger partial charge in [-0.2, -0.15) is 5.10 Å². The van der Waals surface area contributed by atoms with Gasteiger partial charge < -0.3 is 5.11 Å². The first-order chi connectivity index (χ1) is 8.78. The first-order valence-corrected chi connectivity index (χ1v) is 6.10. The lowest BCUT2D eigenvalue weighted by atomic mass is 10.1. The normalized spacial score (nSPS) is 18.7. The van der Waals surface area contributed by atoms with Gasteiger partial charge in [-0.15, -0.1) is 0 Å². The minimum Gasteiger partial charge on any atom is -0.394 e. The number of hydrogen-bond donors (Lipinski definition) is 1. The fraction of sp³-hybridized carbons (Fsp3) is 0.385. The molecule has 0 aliphatic carbocycles. The summed E-state index contributed by atoms with van der Waals surface area (Å²) in [6.07, 6.45) is 2.83. The number of hydrogen-bond acceptors (Lipinski definition) is 3. The van der Waals surface area contributed by atoms with Crippen molar-refractivity contribution in [2.75, 3.05) is 6.61 Å². The predicted molar refractivity (Wildman–Crippen MR) is 64.5 cm³/mol. The third-order valence-corrected chi connectivity index (χ3v) is 3.30. The topological polar surface area (TPSA) is 50.9 Å². The fourth-order valence-electron chi connectivity index (χ4n) is 2.33. The van der Waals surface area contributed by atoms with Crippen LogP contribution < -0.4 is 0 Å². The smallest absolute Gasteiger partial charge is 0.181 e. The molecular weight excluding hydrogens is 233 g/mol. The zero-order chi connectivity index (χ0) is 12.5. The molecule has 0 fully saturated rings. The standard InChI is InChI=1S/C13H14FN3O/c14-10-6-4-9(5-7-10)13-15-12-3-1-2-11(8-18)17(12)16-13/h4-7,11,18H,1-3,8H2. The molecule has 4 nitrogen and oxygen atoms in total. The molecular formula is C13H14FN3O. The van der Waals surface area contributed by atoms with E-state index < -0.39 is 0 Å². The lowest BCUT2D eigenvalue weighted by Gasteiger charge is -2.20. The van der Waals surface area contributed by atoms with Crippen molar-refractivity contribution in [1.29, 1.82) is 0 Å². The highest BCUT2D eigenvalue weighted by molar-refractivity contribution is 5.54. The number of aromatic nitrogens is 3. The van der Waals surface area contributed by atoms with E-state index >= 15 is 0 Å². The van der Waals surface area contributed by atoms with E-state index in [1.54, 1.807) is 12.1 Å². The number of fused-ring (bicyclic) bond motifs is 1. The van der Waals surface area contributed by atoms with Crippen LogP contribution in [0.25, 0.3) is 11.4 Å². The first-order valence-electron chi connectivity index (χ1n) is 6.10. The summed E-state index contributed by atoms with van der Waals surface area (Å²) in [5.41, 5.74) is 0.801. The summed E-state index contributed by atoms with van der Waals surface area (Å²) in [5.74, 6) is 1.24. The predicted octanol–water partition coefficient (Wildman–Crippen LogP) is 1.95. The third-order valence-electron chi connectivity index (χ3n) is 3.30. The van der Waals surface area contributed by atoms with Crippen molar-refractivity contribution >= 4 is 0 Å². The van der Waals surface area contributed by atoms with Crippen molar-refractivity contribution in [3.8, 4) is 11.4 Å². The molecule has 2 aromatic rings. The molecule has 0 spiro atoms. The van der Waals surface area contributed by atoms with Gasteiger partial charge in [0.1, 0.15) is 11.6 Å². The van der Waals surface area contributed by atoms with Crippen molar-refractivity contribution in [2.45, 2.75) is 25.3 Å². The highest BCUT2D eigenvalue weighted by atomic mass is 19.1. The number of nitrogens with zero attached hydrogens (tertiary/aromatic N) is 3. The molecule has 2 heterocycles. The Kier molecular flexibility index (Phi) is 2.83. The van der Waals surface area contributed by atoms with Gasteiger partial charge in [-0.1, -0.05) is 0 Å². The molecule has 1 atom stereocenters. The van der Waals surface area contributed by atoms with Crippen LogP contribution in [0.2, 0.25) is 0 Å². The van der Waals surface area contributed by atoms with Crippen LogP contribution in [0, 0.1) is 5.82 Å². The monoisotopic (exact) mass is 247 g/mol. The van der Waals surface area contributed by atoms with Gasteiger partial charge in [0.25, 0.3) is 0 Å². The number of halogens is 1. The van der Waals surface area contributed by atoms with Gasteiger partial charge in [0.15, 0.2) is 5.82 Å². The molecule has 0 amide bonds. The van der Waals surface area contributed by atoms with Crippen LogP contribution >= 0.6 is 0 Å². The maximum Gasteiger partial charge on any atom is 0.181 e. The Morgan fingerprint density at radius 3 is 2.83 bits per heavy atom. The molecule has 1 aliphatic rings. The second-order valence-electron chi connectivity index (χ2n) is 4.53. The average Bonchev–Trinajstić information content (AvgIpc) is 2.83. The Morgan fingerprint density at radius 2 is 2.11 bits per heavy atom. The summed E-state index contributed by atoms with van der Waals surface area (Å²) >= 11 is 0. The van der Waals surface area contributed by atoms with Crippen molar-refractivity contribution < 1.29 is 9.50 Å². The second-order valence-corrected chi connectivity index (χ2v) is 4.53. The SMILES string of the molecule is OCC1CCCc2nc(-c3ccc(F)cc3)nn21. The van der Waals surface area contributed by atoms with Gasteiger partial charge in [0.05, 0.1) is 12.6 Å². The van der Waals surface area contributed by atoms with Crippen molar-refractivity contribution in [1.82, 2.24) is 14.8 Å². The van der Waals surface area contributed by atoms with Gasteiger partial charge in [-0.3, -0.25) is 0 Å². The lowest BCUT2D eigenvalue weighted by Crippen LogP contribution is -2.21. The summed E-state index contributed by atoms with van der Waals surface area (Å²) in [7, 11) is 0. The van der Waals surface area contributed by atoms with Crippen LogP contribution in [0.4, 0.5) is 4.39 Å². The molecule has 0 saturated heterocycles. The number of aliphatic hydroxyl groups excluding tert-OH is 1. The number of aryl methyl sites for hydroxylation is 1. The van der Waals surface area contributed by atoms with Gasteiger partial charge in [-0.25, -0.2) is 14.1 Å². The van der Waals surface area contributed by atoms with E-state index in [-0.39, 0.29) is 18.5 Å². The van der Waals surface area contributed by atoms with Crippen LogP contribution in [-0.2, 0) is 6.42 Å². The summed E-state index contributed by atoms with van der Waals surface area (Å²) < 4.78 is 14.7. The molecule has 0 bridgehead atoms. The number of aliphatic hydroxyl groups is 1. The van der Waals surface area contributed by atoms with E-state index in [1.165, 1.54) is 12.1 Å². The first kappa shape index (κ1) is 11.3. The van der Waals surface area contributed by atoms with Crippen molar-refractivity contribution in [2.24, 2.45) is 0 Å². The molecule has 1 unspecified atom stereocenters. The Bertz CT molecular complexity index is 550. The van der Waals surface area contributed by atoms with Crippen molar-refractivity contribution in [3.05, 3.63) is 35.9 Å². The molecule has 1 aliphatic heterocycles. The highest BCUT2D eigenvalue weighted by Gasteiger charge is 2.22. The molecule has 0 radical (unpaired) electrons.